The van der Waals surface area contributed by atoms with Crippen molar-refractivity contribution in [1.82, 2.24) is 0 Å². The van der Waals surface area contributed by atoms with Gasteiger partial charge in [-0.15, -0.1) is 0 Å². The lowest BCUT2D eigenvalue weighted by molar-refractivity contribution is -0.870. The third kappa shape index (κ3) is 33.6. The van der Waals surface area contributed by atoms with Crippen LogP contribution < -0.4 is 22.1 Å². The molecule has 0 atom stereocenters. The Morgan fingerprint density at radius 3 is 1.17 bits per heavy atom. The first kappa shape index (κ1) is 35.5. The normalized spacial score (nSPS) is 9.87. The summed E-state index contributed by atoms with van der Waals surface area (Å²) in [6.45, 7) is 15.7. The number of rotatable bonds is 9. The van der Waals surface area contributed by atoms with Crippen molar-refractivity contribution in [3.63, 3.8) is 0 Å². The van der Waals surface area contributed by atoms with Gasteiger partial charge in [-0.25, -0.2) is 9.59 Å². The molecule has 0 rings (SSSR count). The molecule has 0 aliphatic rings. The summed E-state index contributed by atoms with van der Waals surface area (Å²) in [7, 11) is 12.3. The fourth-order valence-corrected chi connectivity index (χ4v) is 1.07. The Balaban J connectivity index is -0.000000180. The van der Waals surface area contributed by atoms with Gasteiger partial charge in [0.25, 0.3) is 0 Å². The molecule has 0 saturated carbocycles. The maximum absolute atomic E-state index is 10.9. The second kappa shape index (κ2) is 17.9. The van der Waals surface area contributed by atoms with Crippen molar-refractivity contribution in [2.45, 2.75) is 13.8 Å². The zero-order chi connectivity index (χ0) is 23.8. The van der Waals surface area contributed by atoms with Gasteiger partial charge < -0.3 is 45.3 Å². The first-order valence-corrected chi connectivity index (χ1v) is 9.02. The summed E-state index contributed by atoms with van der Waals surface area (Å²) >= 11 is 0. The van der Waals surface area contributed by atoms with E-state index in [9.17, 15) is 9.59 Å². The molecule has 176 valence electrons. The number of carboxylic acid groups (broad SMARTS) is 1. The minimum atomic E-state index is -1.23. The van der Waals surface area contributed by atoms with E-state index in [4.69, 9.17) is 19.4 Å². The molecule has 0 aromatic heterocycles. The van der Waals surface area contributed by atoms with Crippen molar-refractivity contribution >= 4 is 17.9 Å². The van der Waals surface area contributed by atoms with Crippen LogP contribution in [0.5, 0.6) is 0 Å². The van der Waals surface area contributed by atoms with Gasteiger partial charge in [0.05, 0.1) is 48.3 Å². The highest BCUT2D eigenvalue weighted by Gasteiger charge is 2.10. The SMILES string of the molecule is C=C(C)C(=O)OCC[N+](C)(C)C.C=C(C)C(=O)OCC[N+](C)(C)C.C=CC(=O)[O-].[Br-]. The molecule has 0 unspecified atom stereocenters. The molecule has 0 saturated heterocycles. The first-order valence-electron chi connectivity index (χ1n) is 9.02. The van der Waals surface area contributed by atoms with Crippen LogP contribution in [0.1, 0.15) is 13.8 Å². The van der Waals surface area contributed by atoms with Crippen LogP contribution in [0.25, 0.3) is 0 Å². The van der Waals surface area contributed by atoms with E-state index in [2.05, 4.69) is 62.0 Å². The highest BCUT2D eigenvalue weighted by Crippen LogP contribution is 1.95. The molecule has 0 aromatic rings. The largest absolute Gasteiger partial charge is 1.00 e. The number of carbonyl (C=O) groups excluding carboxylic acids is 3. The smallest absolute Gasteiger partial charge is 0.333 e. The van der Waals surface area contributed by atoms with Crippen molar-refractivity contribution in [2.75, 3.05) is 68.6 Å². The Bertz CT molecular complexity index is 533. The Morgan fingerprint density at radius 1 is 0.800 bits per heavy atom. The maximum Gasteiger partial charge on any atom is 0.333 e. The topological polar surface area (TPSA) is 92.7 Å². The average Bonchev–Trinajstić information content (AvgIpc) is 2.53. The Hall–Kier alpha value is -1.97. The van der Waals surface area contributed by atoms with Crippen molar-refractivity contribution in [3.05, 3.63) is 37.0 Å². The fraction of sp³-hybridized carbons (Fsp3) is 0.571. The van der Waals surface area contributed by atoms with Gasteiger partial charge in [-0.3, -0.25) is 0 Å². The van der Waals surface area contributed by atoms with Gasteiger partial charge in [0.15, 0.2) is 0 Å². The monoisotopic (exact) mass is 494 g/mol. The third-order valence-electron chi connectivity index (χ3n) is 2.85. The molecule has 0 aliphatic carbocycles. The van der Waals surface area contributed by atoms with E-state index >= 15 is 0 Å². The zero-order valence-electron chi connectivity index (χ0n) is 19.7. The molecule has 0 N–H and O–H groups in total. The number of hydrogen-bond donors (Lipinski definition) is 0. The van der Waals surface area contributed by atoms with Gasteiger partial charge in [-0.1, -0.05) is 19.7 Å². The summed E-state index contributed by atoms with van der Waals surface area (Å²) in [6.07, 6.45) is 0.722. The Kier molecular flexibility index (Phi) is 21.1. The second-order valence-corrected chi connectivity index (χ2v) is 8.38. The summed E-state index contributed by atoms with van der Waals surface area (Å²) in [4.78, 5) is 30.9. The Labute approximate surface area is 192 Å². The van der Waals surface area contributed by atoms with E-state index in [-0.39, 0.29) is 28.9 Å². The summed E-state index contributed by atoms with van der Waals surface area (Å²) in [6, 6.07) is 0. The Morgan fingerprint density at radius 2 is 1.03 bits per heavy atom. The molecule has 8 nitrogen and oxygen atoms in total. The van der Waals surface area contributed by atoms with E-state index in [0.29, 0.717) is 24.4 Å². The standard InChI is InChI=1S/2C9H18NO2.C3H4O2.BrH/c2*1-8(2)9(11)12-7-6-10(3,4)5;1-2-3(4)5;/h2*1,6-7H2,2-5H3;2H,1H2,(H,4,5);1H/q2*+1;;/p-2. The van der Waals surface area contributed by atoms with Crippen molar-refractivity contribution < 1.29 is 54.9 Å². The molecule has 30 heavy (non-hydrogen) atoms. The quantitative estimate of drug-likeness (QED) is 0.200. The van der Waals surface area contributed by atoms with Crippen LogP contribution >= 0.6 is 0 Å². The van der Waals surface area contributed by atoms with E-state index in [1.54, 1.807) is 13.8 Å². The van der Waals surface area contributed by atoms with Crippen LogP contribution in [0, 0.1) is 0 Å². The molecular weight excluding hydrogens is 456 g/mol. The third-order valence-corrected chi connectivity index (χ3v) is 2.85. The predicted octanol–water partition coefficient (Wildman–Crippen LogP) is -2.45. The number of aliphatic carboxylic acids is 1. The first-order chi connectivity index (χ1) is 12.9. The molecule has 0 bridgehead atoms. The van der Waals surface area contributed by atoms with Crippen LogP contribution in [0.3, 0.4) is 0 Å². The molecule has 0 heterocycles. The number of hydrogen-bond acceptors (Lipinski definition) is 6. The zero-order valence-corrected chi connectivity index (χ0v) is 21.3. The number of carboxylic acids is 1. The lowest BCUT2D eigenvalue weighted by Gasteiger charge is -2.23. The fourth-order valence-electron chi connectivity index (χ4n) is 1.07. The van der Waals surface area contributed by atoms with Crippen molar-refractivity contribution in [2.24, 2.45) is 0 Å². The van der Waals surface area contributed by atoms with E-state index in [0.717, 1.165) is 28.1 Å². The van der Waals surface area contributed by atoms with Crippen LogP contribution in [0.15, 0.2) is 37.0 Å². The summed E-state index contributed by atoms with van der Waals surface area (Å²) in [5.41, 5.74) is 0.910. The minimum absolute atomic E-state index is 0. The van der Waals surface area contributed by atoms with Gasteiger partial charge in [0, 0.05) is 11.1 Å². The minimum Gasteiger partial charge on any atom is -1.00 e. The van der Waals surface area contributed by atoms with E-state index < -0.39 is 5.97 Å². The number of likely N-dealkylation sites (N-methyl/N-ethyl adjacent to an activating group) is 2. The van der Waals surface area contributed by atoms with Gasteiger partial charge in [-0.05, 0) is 19.9 Å². The molecule has 0 radical (unpaired) electrons. The molecule has 0 aromatic carbocycles. The highest BCUT2D eigenvalue weighted by molar-refractivity contribution is 5.87. The van der Waals surface area contributed by atoms with E-state index in [1.807, 2.05) is 0 Å². The molecule has 0 fully saturated rings. The van der Waals surface area contributed by atoms with Crippen LogP contribution in [-0.4, -0.2) is 95.5 Å². The van der Waals surface area contributed by atoms with Crippen LogP contribution in [-0.2, 0) is 23.9 Å². The number of halogens is 1. The number of carbonyl (C=O) groups is 3. The van der Waals surface area contributed by atoms with Crippen LogP contribution in [0.2, 0.25) is 0 Å². The average molecular weight is 495 g/mol. The highest BCUT2D eigenvalue weighted by atomic mass is 79.9. The lowest BCUT2D eigenvalue weighted by atomic mass is 10.4. The molecule has 0 amide bonds. The van der Waals surface area contributed by atoms with E-state index in [1.165, 1.54) is 0 Å². The number of quaternary nitrogens is 2. The molecule has 0 spiro atoms. The van der Waals surface area contributed by atoms with Crippen molar-refractivity contribution in [1.29, 1.82) is 0 Å². The predicted molar refractivity (Wildman–Crippen MR) is 113 cm³/mol. The van der Waals surface area contributed by atoms with Crippen molar-refractivity contribution in [3.8, 4) is 0 Å². The summed E-state index contributed by atoms with van der Waals surface area (Å²) < 4.78 is 11.4. The van der Waals surface area contributed by atoms with Crippen LogP contribution in [0.4, 0.5) is 0 Å². The summed E-state index contributed by atoms with van der Waals surface area (Å²) in [5.74, 6) is -1.84. The lowest BCUT2D eigenvalue weighted by Crippen LogP contribution is -3.00. The number of ether oxygens (including phenoxy) is 2. The molecular formula is C21H39BrN2O6. The van der Waals surface area contributed by atoms with Gasteiger partial charge in [0.1, 0.15) is 26.3 Å². The number of nitrogens with zero attached hydrogens (tertiary/aromatic N) is 2. The van der Waals surface area contributed by atoms with Gasteiger partial charge in [0.2, 0.25) is 0 Å². The summed E-state index contributed by atoms with van der Waals surface area (Å²) in [5, 5.41) is 9.14. The second-order valence-electron chi connectivity index (χ2n) is 8.38. The number of esters is 2. The molecule has 9 heteroatoms. The van der Waals surface area contributed by atoms with Gasteiger partial charge >= 0.3 is 11.9 Å². The van der Waals surface area contributed by atoms with Gasteiger partial charge in [-0.2, -0.15) is 0 Å². The maximum atomic E-state index is 10.9. The molecule has 0 aliphatic heterocycles.